The van der Waals surface area contributed by atoms with Crippen molar-refractivity contribution in [1.29, 1.82) is 0 Å². The Bertz CT molecular complexity index is 609. The highest BCUT2D eigenvalue weighted by Gasteiger charge is 2.05. The van der Waals surface area contributed by atoms with E-state index in [0.29, 0.717) is 12.8 Å². The Morgan fingerprint density at radius 2 is 0.892 bits per heavy atom. The van der Waals surface area contributed by atoms with Crippen LogP contribution in [-0.2, 0) is 9.59 Å². The molecule has 0 atom stereocenters. The van der Waals surface area contributed by atoms with Crippen molar-refractivity contribution < 1.29 is 9.59 Å². The van der Waals surface area contributed by atoms with E-state index in [1.807, 2.05) is 0 Å². The molecule has 2 amide bonds. The highest BCUT2D eigenvalue weighted by molar-refractivity contribution is 5.76. The van der Waals surface area contributed by atoms with Gasteiger partial charge in [-0.3, -0.25) is 9.59 Å². The molecule has 0 heterocycles. The van der Waals surface area contributed by atoms with Crippen LogP contribution in [0.25, 0.3) is 0 Å². The van der Waals surface area contributed by atoms with E-state index in [0.717, 1.165) is 90.9 Å². The van der Waals surface area contributed by atoms with Crippen LogP contribution in [0.5, 0.6) is 0 Å². The van der Waals surface area contributed by atoms with Gasteiger partial charge in [-0.25, -0.2) is 0 Å². The molecule has 0 saturated carbocycles. The summed E-state index contributed by atoms with van der Waals surface area (Å²) in [5.41, 5.74) is 0. The third-order valence-corrected chi connectivity index (χ3v) is 6.37. The van der Waals surface area contributed by atoms with E-state index >= 15 is 0 Å². The summed E-state index contributed by atoms with van der Waals surface area (Å²) in [6.45, 7) is 12.3. The zero-order chi connectivity index (χ0) is 27.6. The predicted molar refractivity (Wildman–Crippen MR) is 159 cm³/mol. The van der Waals surface area contributed by atoms with Crippen molar-refractivity contribution in [3.8, 4) is 0 Å². The Balaban J connectivity index is 3.58. The molecule has 0 unspecified atom stereocenters. The number of hydrogen-bond donors (Lipinski definition) is 2. The van der Waals surface area contributed by atoms with E-state index in [2.05, 4.69) is 84.6 Å². The average molecular weight is 522 g/mol. The van der Waals surface area contributed by atoms with Gasteiger partial charge in [0.1, 0.15) is 0 Å². The van der Waals surface area contributed by atoms with Crippen molar-refractivity contribution >= 4 is 11.8 Å². The second-order valence-corrected chi connectivity index (χ2v) is 10.2. The molecule has 0 aromatic carbocycles. The van der Waals surface area contributed by atoms with Gasteiger partial charge >= 0.3 is 0 Å². The summed E-state index contributed by atoms with van der Waals surface area (Å²) in [4.78, 5) is 30.7. The molecule has 0 aliphatic heterocycles. The molecule has 0 aliphatic carbocycles. The number of carbonyl (C=O) groups is 2. The van der Waals surface area contributed by atoms with Crippen LogP contribution in [0.1, 0.15) is 84.5 Å². The quantitative estimate of drug-likeness (QED) is 0.137. The first kappa shape index (κ1) is 35.3. The molecule has 0 aliphatic rings. The Kier molecular flexibility index (Phi) is 24.7. The van der Waals surface area contributed by atoms with Crippen LogP contribution in [0.4, 0.5) is 0 Å². The minimum atomic E-state index is 0.159. The average Bonchev–Trinajstić information content (AvgIpc) is 2.87. The van der Waals surface area contributed by atoms with Crippen LogP contribution in [0, 0.1) is 0 Å². The van der Waals surface area contributed by atoms with Gasteiger partial charge in [-0.2, -0.15) is 0 Å². The Morgan fingerprint density at radius 3 is 1.27 bits per heavy atom. The van der Waals surface area contributed by atoms with Gasteiger partial charge in [0, 0.05) is 25.9 Å². The summed E-state index contributed by atoms with van der Waals surface area (Å²) in [5.74, 6) is 0.318. The highest BCUT2D eigenvalue weighted by atomic mass is 16.2. The number of allylic oxidation sites excluding steroid dienone is 4. The maximum absolute atomic E-state index is 11.8. The van der Waals surface area contributed by atoms with E-state index in [1.165, 1.54) is 19.3 Å². The summed E-state index contributed by atoms with van der Waals surface area (Å²) in [7, 11) is 6.56. The monoisotopic (exact) mass is 521 g/mol. The van der Waals surface area contributed by atoms with Gasteiger partial charge in [-0.05, 0) is 118 Å². The largest absolute Gasteiger partial charge is 0.356 e. The second-order valence-electron chi connectivity index (χ2n) is 10.2. The normalized spacial score (nSPS) is 12.0. The van der Waals surface area contributed by atoms with Gasteiger partial charge < -0.3 is 25.3 Å². The van der Waals surface area contributed by atoms with Crippen LogP contribution in [0.2, 0.25) is 0 Å². The lowest BCUT2D eigenvalue weighted by Crippen LogP contribution is -2.30. The molecule has 216 valence electrons. The summed E-state index contributed by atoms with van der Waals surface area (Å²) < 4.78 is 0. The maximum Gasteiger partial charge on any atom is 0.220 e. The fourth-order valence-electron chi connectivity index (χ4n) is 4.04. The molecule has 0 bridgehead atoms. The Labute approximate surface area is 229 Å². The molecule has 0 fully saturated rings. The Morgan fingerprint density at radius 1 is 0.541 bits per heavy atom. The van der Waals surface area contributed by atoms with Gasteiger partial charge in [-0.1, -0.05) is 38.2 Å². The second kappa shape index (κ2) is 25.9. The van der Waals surface area contributed by atoms with Crippen molar-refractivity contribution in [2.24, 2.45) is 0 Å². The molecular formula is C30H59N5O2. The number of nitrogens with zero attached hydrogens (tertiary/aromatic N) is 3. The molecule has 0 rings (SSSR count). The van der Waals surface area contributed by atoms with Crippen molar-refractivity contribution in [1.82, 2.24) is 25.3 Å². The topological polar surface area (TPSA) is 67.9 Å². The van der Waals surface area contributed by atoms with Gasteiger partial charge in [0.25, 0.3) is 0 Å². The summed E-state index contributed by atoms with van der Waals surface area (Å²) in [6.07, 6.45) is 18.9. The van der Waals surface area contributed by atoms with Crippen LogP contribution in [0.15, 0.2) is 24.3 Å². The standard InChI is InChI=1S/C30H59N5O2/c1-6-8-10-12-19-29(36)31-21-16-25-33(3)23-14-15-24-34(4)27-18-28-35(5)26-17-22-32-30(37)20-13-11-9-7-2/h8-11H,6-7,12-28H2,1-5H3,(H,31,36)(H,32,37)/b10-8-,11-9-. The van der Waals surface area contributed by atoms with Crippen LogP contribution >= 0.6 is 0 Å². The number of amides is 2. The van der Waals surface area contributed by atoms with Gasteiger partial charge in [-0.15, -0.1) is 0 Å². The minimum absolute atomic E-state index is 0.159. The lowest BCUT2D eigenvalue weighted by molar-refractivity contribution is -0.121. The molecule has 2 N–H and O–H groups in total. The summed E-state index contributed by atoms with van der Waals surface area (Å²) in [6, 6.07) is 0. The van der Waals surface area contributed by atoms with Crippen LogP contribution in [-0.4, -0.2) is 100 Å². The summed E-state index contributed by atoms with van der Waals surface area (Å²) in [5, 5.41) is 6.05. The first-order valence-electron chi connectivity index (χ1n) is 14.8. The Hall–Kier alpha value is -1.70. The first-order chi connectivity index (χ1) is 17.9. The van der Waals surface area contributed by atoms with Crippen molar-refractivity contribution in [2.45, 2.75) is 84.5 Å². The molecule has 7 heteroatoms. The van der Waals surface area contributed by atoms with Gasteiger partial charge in [0.15, 0.2) is 0 Å². The van der Waals surface area contributed by atoms with Crippen molar-refractivity contribution in [3.05, 3.63) is 24.3 Å². The van der Waals surface area contributed by atoms with E-state index in [4.69, 9.17) is 0 Å². The first-order valence-corrected chi connectivity index (χ1v) is 14.8. The number of unbranched alkanes of at least 4 members (excludes halogenated alkanes) is 1. The smallest absolute Gasteiger partial charge is 0.220 e. The fourth-order valence-corrected chi connectivity index (χ4v) is 4.04. The molecule has 7 nitrogen and oxygen atoms in total. The minimum Gasteiger partial charge on any atom is -0.356 e. The maximum atomic E-state index is 11.8. The number of nitrogens with one attached hydrogen (secondary N) is 2. The zero-order valence-corrected chi connectivity index (χ0v) is 24.9. The van der Waals surface area contributed by atoms with Crippen molar-refractivity contribution in [3.63, 3.8) is 0 Å². The van der Waals surface area contributed by atoms with E-state index in [1.54, 1.807) is 0 Å². The molecule has 0 aromatic rings. The van der Waals surface area contributed by atoms with Crippen LogP contribution in [0.3, 0.4) is 0 Å². The lowest BCUT2D eigenvalue weighted by Gasteiger charge is -2.21. The third kappa shape index (κ3) is 25.7. The molecule has 0 saturated heterocycles. The number of hydrogen-bond acceptors (Lipinski definition) is 5. The van der Waals surface area contributed by atoms with Crippen molar-refractivity contribution in [2.75, 3.05) is 73.5 Å². The van der Waals surface area contributed by atoms with Gasteiger partial charge in [0.2, 0.25) is 11.8 Å². The zero-order valence-electron chi connectivity index (χ0n) is 24.9. The van der Waals surface area contributed by atoms with Gasteiger partial charge in [0.05, 0.1) is 0 Å². The van der Waals surface area contributed by atoms with E-state index in [-0.39, 0.29) is 11.8 Å². The number of rotatable bonds is 25. The molecule has 0 aromatic heterocycles. The van der Waals surface area contributed by atoms with E-state index < -0.39 is 0 Å². The lowest BCUT2D eigenvalue weighted by atomic mass is 10.2. The number of carbonyl (C=O) groups excluding carboxylic acids is 2. The molecule has 37 heavy (non-hydrogen) atoms. The molecule has 0 spiro atoms. The summed E-state index contributed by atoms with van der Waals surface area (Å²) >= 11 is 0. The van der Waals surface area contributed by atoms with E-state index in [9.17, 15) is 9.59 Å². The molecular weight excluding hydrogens is 462 g/mol. The van der Waals surface area contributed by atoms with Crippen LogP contribution < -0.4 is 10.6 Å². The predicted octanol–water partition coefficient (Wildman–Crippen LogP) is 4.46. The highest BCUT2D eigenvalue weighted by Crippen LogP contribution is 1.99. The molecule has 0 radical (unpaired) electrons. The third-order valence-electron chi connectivity index (χ3n) is 6.37. The fraction of sp³-hybridized carbons (Fsp3) is 0.800. The SMILES string of the molecule is CC/C=C\CCC(=O)NCCCN(C)CCCCN(C)CCCN(C)CCCNC(=O)CC/C=C\CC.